The number of esters is 1. The summed E-state index contributed by atoms with van der Waals surface area (Å²) in [6.45, 7) is 11.1. The zero-order valence-electron chi connectivity index (χ0n) is 20.8. The van der Waals surface area contributed by atoms with Crippen molar-refractivity contribution >= 4 is 28.0 Å². The lowest BCUT2D eigenvalue weighted by molar-refractivity contribution is -0.164. The van der Waals surface area contributed by atoms with Gasteiger partial charge in [-0.3, -0.25) is 15.0 Å². The lowest BCUT2D eigenvalue weighted by Crippen LogP contribution is -2.48. The van der Waals surface area contributed by atoms with Gasteiger partial charge in [0.05, 0.1) is 17.6 Å². The minimum absolute atomic E-state index is 0.0755. The van der Waals surface area contributed by atoms with E-state index in [9.17, 15) is 18.0 Å². The Labute approximate surface area is 199 Å². The van der Waals surface area contributed by atoms with Crippen LogP contribution in [0.1, 0.15) is 72.8 Å². The Kier molecular flexibility index (Phi) is 11.8. The fraction of sp³-hybridized carbons (Fsp3) is 0.600. The lowest BCUT2D eigenvalue weighted by Gasteiger charge is -2.29. The Bertz CT molecular complexity index is 874. The number of hydrogen-bond donors (Lipinski definition) is 2. The molecule has 0 spiro atoms. The van der Waals surface area contributed by atoms with Gasteiger partial charge in [-0.1, -0.05) is 69.7 Å². The number of amides is 1. The molecule has 0 saturated heterocycles. The second-order valence-corrected chi connectivity index (χ2v) is 11.5. The maximum atomic E-state index is 13.1. The van der Waals surface area contributed by atoms with Gasteiger partial charge >= 0.3 is 5.97 Å². The van der Waals surface area contributed by atoms with E-state index in [1.807, 2.05) is 63.3 Å². The summed E-state index contributed by atoms with van der Waals surface area (Å²) in [6, 6.07) is 9.66. The highest BCUT2D eigenvalue weighted by Crippen LogP contribution is 2.28. The van der Waals surface area contributed by atoms with Crippen LogP contribution < -0.4 is 10.3 Å². The van der Waals surface area contributed by atoms with Gasteiger partial charge in [0.25, 0.3) is 0 Å². The van der Waals surface area contributed by atoms with E-state index in [1.54, 1.807) is 20.8 Å². The van der Waals surface area contributed by atoms with Gasteiger partial charge in [-0.25, -0.2) is 8.42 Å². The van der Waals surface area contributed by atoms with Crippen LogP contribution in [-0.4, -0.2) is 31.6 Å². The highest BCUT2D eigenvalue weighted by atomic mass is 32.2. The third-order valence-electron chi connectivity index (χ3n) is 4.85. The molecule has 0 radical (unpaired) electrons. The molecule has 2 atom stereocenters. The highest BCUT2D eigenvalue weighted by molar-refractivity contribution is 7.89. The number of hydrazine groups is 1. The van der Waals surface area contributed by atoms with Crippen molar-refractivity contribution in [2.75, 3.05) is 5.75 Å². The standard InChI is InChI=1S/C25H40N2O5S/c1-7-8-17-33(30,31)27-26-23(28)22(18-19(2)3)21(24(29)32-25(4,5)6)16-12-15-20-13-10-9-11-14-20/h9-15,19,21-22,27H,7-8,16-18H2,1-6H3,(H,26,28)/t21-,22-/m0/s1. The Morgan fingerprint density at radius 2 is 1.73 bits per heavy atom. The number of rotatable bonds is 13. The summed E-state index contributed by atoms with van der Waals surface area (Å²) < 4.78 is 29.9. The first-order valence-electron chi connectivity index (χ1n) is 11.6. The van der Waals surface area contributed by atoms with Crippen molar-refractivity contribution in [2.45, 2.75) is 72.8 Å². The third-order valence-corrected chi connectivity index (χ3v) is 6.09. The van der Waals surface area contributed by atoms with Crippen LogP contribution in [0.5, 0.6) is 0 Å². The number of sulfonamides is 1. The minimum atomic E-state index is -3.64. The molecule has 186 valence electrons. The van der Waals surface area contributed by atoms with Crippen LogP contribution >= 0.6 is 0 Å². The summed E-state index contributed by atoms with van der Waals surface area (Å²) in [5.41, 5.74) is 2.61. The largest absolute Gasteiger partial charge is 0.460 e. The molecule has 8 heteroatoms. The van der Waals surface area contributed by atoms with Crippen molar-refractivity contribution in [3.63, 3.8) is 0 Å². The molecule has 2 N–H and O–H groups in total. The smallest absolute Gasteiger partial charge is 0.310 e. The number of ether oxygens (including phenoxy) is 1. The zero-order chi connectivity index (χ0) is 25.1. The molecule has 0 saturated carbocycles. The predicted octanol–water partition coefficient (Wildman–Crippen LogP) is 4.46. The van der Waals surface area contributed by atoms with E-state index in [0.29, 0.717) is 12.8 Å². The van der Waals surface area contributed by atoms with Crippen molar-refractivity contribution in [3.8, 4) is 0 Å². The van der Waals surface area contributed by atoms with Crippen LogP contribution in [0, 0.1) is 17.8 Å². The fourth-order valence-corrected chi connectivity index (χ4v) is 4.31. The molecular weight excluding hydrogens is 440 g/mol. The van der Waals surface area contributed by atoms with E-state index in [2.05, 4.69) is 10.3 Å². The molecule has 0 aliphatic carbocycles. The van der Waals surface area contributed by atoms with Gasteiger partial charge in [-0.15, -0.1) is 4.83 Å². The summed E-state index contributed by atoms with van der Waals surface area (Å²) in [5, 5.41) is 0. The van der Waals surface area contributed by atoms with Gasteiger partial charge in [-0.2, -0.15) is 0 Å². The number of carbonyl (C=O) groups is 2. The van der Waals surface area contributed by atoms with Gasteiger partial charge in [0.1, 0.15) is 5.60 Å². The third kappa shape index (κ3) is 12.0. The quantitative estimate of drug-likeness (QED) is 0.321. The van der Waals surface area contributed by atoms with Crippen molar-refractivity contribution in [1.82, 2.24) is 10.3 Å². The first-order valence-corrected chi connectivity index (χ1v) is 13.2. The van der Waals surface area contributed by atoms with E-state index in [-0.39, 0.29) is 18.1 Å². The number of benzene rings is 1. The monoisotopic (exact) mass is 480 g/mol. The maximum absolute atomic E-state index is 13.1. The van der Waals surface area contributed by atoms with Crippen LogP contribution in [0.2, 0.25) is 0 Å². The molecular formula is C25H40N2O5S. The molecule has 1 amide bonds. The van der Waals surface area contributed by atoms with Gasteiger partial charge in [0, 0.05) is 0 Å². The first kappa shape index (κ1) is 28.8. The minimum Gasteiger partial charge on any atom is -0.460 e. The zero-order valence-corrected chi connectivity index (χ0v) is 21.6. The molecule has 7 nitrogen and oxygen atoms in total. The van der Waals surface area contributed by atoms with Crippen LogP contribution in [0.3, 0.4) is 0 Å². The van der Waals surface area contributed by atoms with Gasteiger partial charge in [0.2, 0.25) is 15.9 Å². The van der Waals surface area contributed by atoms with Crippen molar-refractivity contribution in [1.29, 1.82) is 0 Å². The first-order chi connectivity index (χ1) is 15.3. The van der Waals surface area contributed by atoms with Crippen molar-refractivity contribution < 1.29 is 22.7 Å². The molecule has 33 heavy (non-hydrogen) atoms. The highest BCUT2D eigenvalue weighted by Gasteiger charge is 2.36. The Balaban J connectivity index is 3.11. The topological polar surface area (TPSA) is 102 Å². The van der Waals surface area contributed by atoms with Crippen molar-refractivity contribution in [3.05, 3.63) is 42.0 Å². The number of carbonyl (C=O) groups excluding carboxylic acids is 2. The fourth-order valence-electron chi connectivity index (χ4n) is 3.29. The van der Waals surface area contributed by atoms with Crippen molar-refractivity contribution in [2.24, 2.45) is 17.8 Å². The predicted molar refractivity (Wildman–Crippen MR) is 132 cm³/mol. The van der Waals surface area contributed by atoms with Crippen LogP contribution in [0.15, 0.2) is 36.4 Å². The second-order valence-electron chi connectivity index (χ2n) is 9.69. The number of hydrogen-bond acceptors (Lipinski definition) is 5. The molecule has 1 aromatic rings. The van der Waals surface area contributed by atoms with Crippen LogP contribution in [-0.2, 0) is 24.3 Å². The summed E-state index contributed by atoms with van der Waals surface area (Å²) in [7, 11) is -3.64. The second kappa shape index (κ2) is 13.5. The molecule has 0 heterocycles. The van der Waals surface area contributed by atoms with E-state index in [0.717, 1.165) is 12.0 Å². The molecule has 0 fully saturated rings. The molecule has 0 unspecified atom stereocenters. The number of unbranched alkanes of at least 4 members (excludes halogenated alkanes) is 1. The normalized spacial score (nSPS) is 14.3. The van der Waals surface area contributed by atoms with Gasteiger partial charge < -0.3 is 4.74 Å². The molecule has 1 aromatic carbocycles. The molecule has 0 bridgehead atoms. The molecule has 0 aromatic heterocycles. The SMILES string of the molecule is CCCCS(=O)(=O)NNC(=O)[C@@H](CC(C)C)[C@H](CC=Cc1ccccc1)C(=O)OC(C)(C)C. The Morgan fingerprint density at radius 1 is 1.09 bits per heavy atom. The van der Waals surface area contributed by atoms with Crippen LogP contribution in [0.4, 0.5) is 0 Å². The summed E-state index contributed by atoms with van der Waals surface area (Å²) >= 11 is 0. The van der Waals surface area contributed by atoms with Gasteiger partial charge in [-0.05, 0) is 51.5 Å². The van der Waals surface area contributed by atoms with E-state index in [1.165, 1.54) is 0 Å². The average Bonchev–Trinajstić information content (AvgIpc) is 2.71. The lowest BCUT2D eigenvalue weighted by atomic mass is 9.82. The van der Waals surface area contributed by atoms with E-state index in [4.69, 9.17) is 4.74 Å². The average molecular weight is 481 g/mol. The van der Waals surface area contributed by atoms with E-state index < -0.39 is 39.3 Å². The maximum Gasteiger partial charge on any atom is 0.310 e. The van der Waals surface area contributed by atoms with Crippen LogP contribution in [0.25, 0.3) is 6.08 Å². The summed E-state index contributed by atoms with van der Waals surface area (Å²) in [5.74, 6) is -2.49. The van der Waals surface area contributed by atoms with E-state index >= 15 is 0 Å². The molecule has 0 aliphatic rings. The molecule has 1 rings (SSSR count). The summed E-state index contributed by atoms with van der Waals surface area (Å²) in [4.78, 5) is 28.3. The Morgan fingerprint density at radius 3 is 2.27 bits per heavy atom. The molecule has 0 aliphatic heterocycles. The summed E-state index contributed by atoms with van der Waals surface area (Å²) in [6.07, 6.45) is 5.67. The van der Waals surface area contributed by atoms with Gasteiger partial charge in [0.15, 0.2) is 0 Å². The number of allylic oxidation sites excluding steroid dienone is 1. The Hall–Kier alpha value is -2.19. The number of nitrogens with one attached hydrogen (secondary N) is 2.